The Morgan fingerprint density at radius 2 is 2.27 bits per heavy atom. The Morgan fingerprint density at radius 3 is 2.85 bits per heavy atom. The summed E-state index contributed by atoms with van der Waals surface area (Å²) in [5.41, 5.74) is 1.75. The summed E-state index contributed by atoms with van der Waals surface area (Å²) in [6, 6.07) is 5.97. The number of carbonyl (C=O) groups is 1. The van der Waals surface area contributed by atoms with Crippen molar-refractivity contribution in [3.8, 4) is 0 Å². The number of halogens is 2. The fourth-order valence-electron chi connectivity index (χ4n) is 4.24. The molecule has 7 nitrogen and oxygen atoms in total. The number of amidine groups is 1. The summed E-state index contributed by atoms with van der Waals surface area (Å²) in [5, 5.41) is 16.2. The SMILES string of the molecule is COC(=O)C1=C(CN2CC3(CC3)CC2CO)NC(c2nccs2)=NC1.Fc1cccc(Cl)c1. The van der Waals surface area contributed by atoms with Crippen LogP contribution in [0.2, 0.25) is 5.02 Å². The standard InChI is InChI=1S/C17H22N4O3S.C6H4ClF/c1-24-16(23)12-7-19-14(15-18-4-5-25-15)20-13(12)8-21-10-17(2-3-17)6-11(21)9-22;7-5-2-1-3-6(8)4-5/h4-5,11,22H,2-3,6-10H2,1H3,(H,19,20);1-4H. The maximum Gasteiger partial charge on any atom is 0.337 e. The molecule has 3 aliphatic rings. The maximum absolute atomic E-state index is 12.2. The lowest BCUT2D eigenvalue weighted by Crippen LogP contribution is -2.41. The average Bonchev–Trinajstić information content (AvgIpc) is 3.20. The average molecular weight is 493 g/mol. The number of thiazole rings is 1. The molecule has 1 atom stereocenters. The Labute approximate surface area is 200 Å². The van der Waals surface area contributed by atoms with Gasteiger partial charge in [-0.25, -0.2) is 14.2 Å². The minimum atomic E-state index is -0.356. The van der Waals surface area contributed by atoms with Crippen LogP contribution in [0.4, 0.5) is 4.39 Å². The molecule has 176 valence electrons. The first kappa shape index (κ1) is 23.8. The van der Waals surface area contributed by atoms with Gasteiger partial charge in [0, 0.05) is 41.4 Å². The Hall–Kier alpha value is -2.33. The van der Waals surface area contributed by atoms with Gasteiger partial charge in [-0.15, -0.1) is 11.3 Å². The van der Waals surface area contributed by atoms with E-state index in [1.165, 1.54) is 43.4 Å². The number of nitrogens with one attached hydrogen (secondary N) is 1. The molecule has 33 heavy (non-hydrogen) atoms. The molecule has 1 saturated carbocycles. The molecule has 3 heterocycles. The zero-order valence-corrected chi connectivity index (χ0v) is 19.8. The smallest absolute Gasteiger partial charge is 0.337 e. The number of ether oxygens (including phenoxy) is 1. The summed E-state index contributed by atoms with van der Waals surface area (Å²) in [7, 11) is 1.39. The van der Waals surface area contributed by atoms with Crippen molar-refractivity contribution in [2.24, 2.45) is 10.4 Å². The molecular weight excluding hydrogens is 467 g/mol. The minimum Gasteiger partial charge on any atom is -0.466 e. The van der Waals surface area contributed by atoms with Crippen LogP contribution in [0.1, 0.15) is 24.3 Å². The monoisotopic (exact) mass is 492 g/mol. The normalized spacial score (nSPS) is 21.2. The van der Waals surface area contributed by atoms with Gasteiger partial charge in [-0.2, -0.15) is 0 Å². The summed E-state index contributed by atoms with van der Waals surface area (Å²) in [6.45, 7) is 1.99. The van der Waals surface area contributed by atoms with Gasteiger partial charge >= 0.3 is 5.97 Å². The second-order valence-electron chi connectivity index (χ2n) is 8.46. The number of carbonyl (C=O) groups excluding carboxylic acids is 1. The third-order valence-corrected chi connectivity index (χ3v) is 7.15. The highest BCUT2D eigenvalue weighted by Crippen LogP contribution is 2.54. The molecule has 2 aliphatic heterocycles. The zero-order valence-electron chi connectivity index (χ0n) is 18.3. The van der Waals surface area contributed by atoms with E-state index in [1.807, 2.05) is 5.38 Å². The molecule has 0 radical (unpaired) electrons. The van der Waals surface area contributed by atoms with E-state index in [-0.39, 0.29) is 31.0 Å². The van der Waals surface area contributed by atoms with Crippen LogP contribution in [0.25, 0.3) is 0 Å². The van der Waals surface area contributed by atoms with Crippen molar-refractivity contribution in [1.82, 2.24) is 15.2 Å². The molecule has 2 N–H and O–H groups in total. The molecule has 1 spiro atoms. The van der Waals surface area contributed by atoms with E-state index in [2.05, 4.69) is 20.2 Å². The summed E-state index contributed by atoms with van der Waals surface area (Å²) in [6.07, 6.45) is 5.25. The number of aliphatic hydroxyl groups excluding tert-OH is 1. The van der Waals surface area contributed by atoms with Crippen LogP contribution in [0.3, 0.4) is 0 Å². The summed E-state index contributed by atoms with van der Waals surface area (Å²) >= 11 is 6.91. The summed E-state index contributed by atoms with van der Waals surface area (Å²) in [4.78, 5) is 23.2. The van der Waals surface area contributed by atoms with E-state index < -0.39 is 0 Å². The van der Waals surface area contributed by atoms with Crippen LogP contribution in [0.15, 0.2) is 52.1 Å². The molecule has 10 heteroatoms. The van der Waals surface area contributed by atoms with Crippen LogP contribution in [0.5, 0.6) is 0 Å². The molecular formula is C23H26ClFN4O3S. The molecule has 1 unspecified atom stereocenters. The lowest BCUT2D eigenvalue weighted by molar-refractivity contribution is -0.136. The number of methoxy groups -OCH3 is 1. The minimum absolute atomic E-state index is 0.149. The Balaban J connectivity index is 0.000000275. The highest BCUT2D eigenvalue weighted by molar-refractivity contribution is 7.11. The van der Waals surface area contributed by atoms with Crippen LogP contribution in [0, 0.1) is 11.2 Å². The van der Waals surface area contributed by atoms with E-state index in [4.69, 9.17) is 16.3 Å². The number of hydrogen-bond acceptors (Lipinski definition) is 8. The summed E-state index contributed by atoms with van der Waals surface area (Å²) < 4.78 is 17.0. The van der Waals surface area contributed by atoms with Crippen LogP contribution >= 0.6 is 22.9 Å². The van der Waals surface area contributed by atoms with Gasteiger partial charge in [0.2, 0.25) is 0 Å². The van der Waals surface area contributed by atoms with Gasteiger partial charge in [0.1, 0.15) is 5.82 Å². The molecule has 1 saturated heterocycles. The van der Waals surface area contributed by atoms with Gasteiger partial charge < -0.3 is 15.2 Å². The van der Waals surface area contributed by atoms with Crippen LogP contribution < -0.4 is 5.32 Å². The number of aromatic nitrogens is 1. The molecule has 1 aromatic heterocycles. The van der Waals surface area contributed by atoms with Crippen molar-refractivity contribution in [3.05, 3.63) is 63.0 Å². The molecule has 0 amide bonds. The number of rotatable bonds is 5. The van der Waals surface area contributed by atoms with E-state index in [0.717, 1.165) is 23.7 Å². The van der Waals surface area contributed by atoms with Crippen molar-refractivity contribution >= 4 is 34.7 Å². The predicted molar refractivity (Wildman–Crippen MR) is 126 cm³/mol. The molecule has 5 rings (SSSR count). The van der Waals surface area contributed by atoms with Crippen molar-refractivity contribution in [2.45, 2.75) is 25.3 Å². The van der Waals surface area contributed by atoms with E-state index in [0.29, 0.717) is 28.4 Å². The molecule has 2 aromatic rings. The van der Waals surface area contributed by atoms with Gasteiger partial charge in [-0.3, -0.25) is 9.89 Å². The highest BCUT2D eigenvalue weighted by Gasteiger charge is 2.51. The lowest BCUT2D eigenvalue weighted by Gasteiger charge is -2.27. The van der Waals surface area contributed by atoms with Crippen molar-refractivity contribution in [1.29, 1.82) is 0 Å². The summed E-state index contributed by atoms with van der Waals surface area (Å²) in [5.74, 6) is 0.0429. The Bertz CT molecular complexity index is 1040. The number of aliphatic hydroxyl groups is 1. The van der Waals surface area contributed by atoms with E-state index in [1.54, 1.807) is 18.3 Å². The second-order valence-corrected chi connectivity index (χ2v) is 9.79. The number of esters is 1. The largest absolute Gasteiger partial charge is 0.466 e. The fourth-order valence-corrected chi connectivity index (χ4v) is 5.02. The maximum atomic E-state index is 12.2. The second kappa shape index (κ2) is 10.3. The quantitative estimate of drug-likeness (QED) is 0.623. The highest BCUT2D eigenvalue weighted by atomic mass is 35.5. The molecule has 2 fully saturated rings. The first-order valence-electron chi connectivity index (χ1n) is 10.7. The zero-order chi connectivity index (χ0) is 23.4. The third-order valence-electron chi connectivity index (χ3n) is 6.13. The first-order valence-corrected chi connectivity index (χ1v) is 12.0. The van der Waals surface area contributed by atoms with Gasteiger partial charge in [0.25, 0.3) is 0 Å². The number of nitrogens with zero attached hydrogens (tertiary/aromatic N) is 3. The predicted octanol–water partition coefficient (Wildman–Crippen LogP) is 3.25. The first-order chi connectivity index (χ1) is 15.9. The van der Waals surface area contributed by atoms with E-state index >= 15 is 0 Å². The van der Waals surface area contributed by atoms with Gasteiger partial charge in [0.05, 0.1) is 25.8 Å². The third kappa shape index (κ3) is 5.78. The van der Waals surface area contributed by atoms with Crippen molar-refractivity contribution in [2.75, 3.05) is 33.4 Å². The molecule has 1 aliphatic carbocycles. The number of hydrogen-bond donors (Lipinski definition) is 2. The molecule has 1 aromatic carbocycles. The van der Waals surface area contributed by atoms with Gasteiger partial charge in [0.15, 0.2) is 10.8 Å². The number of aliphatic imine (C=N–C) groups is 1. The molecule has 0 bridgehead atoms. The number of likely N-dealkylation sites (tertiary alicyclic amines) is 1. The van der Waals surface area contributed by atoms with Crippen molar-refractivity contribution in [3.63, 3.8) is 0 Å². The number of benzene rings is 1. The topological polar surface area (TPSA) is 87.0 Å². The van der Waals surface area contributed by atoms with Gasteiger partial charge in [-0.1, -0.05) is 17.7 Å². The van der Waals surface area contributed by atoms with Crippen LogP contribution in [-0.2, 0) is 9.53 Å². The van der Waals surface area contributed by atoms with Gasteiger partial charge in [-0.05, 0) is 42.9 Å². The van der Waals surface area contributed by atoms with Crippen LogP contribution in [-0.4, -0.2) is 66.2 Å². The Morgan fingerprint density at radius 1 is 1.45 bits per heavy atom. The fraction of sp³-hybridized carbons (Fsp3) is 0.435. The lowest BCUT2D eigenvalue weighted by atomic mass is 10.0. The van der Waals surface area contributed by atoms with Crippen molar-refractivity contribution < 1.29 is 19.0 Å². The Kier molecular flexibility index (Phi) is 7.43. The van der Waals surface area contributed by atoms with E-state index in [9.17, 15) is 14.3 Å².